The van der Waals surface area contributed by atoms with E-state index in [0.717, 1.165) is 39.8 Å². The number of hydrogen-bond acceptors (Lipinski definition) is 3. The number of aromatic nitrogens is 1. The summed E-state index contributed by atoms with van der Waals surface area (Å²) < 4.78 is 6.12. The Labute approximate surface area is 130 Å². The van der Waals surface area contributed by atoms with Gasteiger partial charge in [0.15, 0.2) is 0 Å². The van der Waals surface area contributed by atoms with Crippen LogP contribution in [-0.2, 0) is 6.54 Å². The topological polar surface area (TPSA) is 34.1 Å². The van der Waals surface area contributed by atoms with Crippen molar-refractivity contribution in [2.45, 2.75) is 39.3 Å². The molecule has 1 aliphatic carbocycles. The summed E-state index contributed by atoms with van der Waals surface area (Å²) in [5, 5.41) is 4.24. The minimum atomic E-state index is 0.671. The monoisotopic (exact) mass is 302 g/mol. The van der Waals surface area contributed by atoms with Gasteiger partial charge in [0, 0.05) is 29.4 Å². The highest BCUT2D eigenvalue weighted by Crippen LogP contribution is 2.32. The summed E-state index contributed by atoms with van der Waals surface area (Å²) in [6, 6.07) is 6.51. The van der Waals surface area contributed by atoms with Gasteiger partial charge in [-0.3, -0.25) is 4.98 Å². The molecule has 3 nitrogen and oxygen atoms in total. The maximum atomic E-state index is 6.12. The van der Waals surface area contributed by atoms with Crippen LogP contribution in [0, 0.1) is 13.8 Å². The van der Waals surface area contributed by atoms with Gasteiger partial charge in [-0.1, -0.05) is 11.6 Å². The molecular weight excluding hydrogens is 284 g/mol. The largest absolute Gasteiger partial charge is 0.455 e. The van der Waals surface area contributed by atoms with E-state index in [4.69, 9.17) is 16.3 Å². The number of rotatable bonds is 5. The van der Waals surface area contributed by atoms with Crippen LogP contribution in [-0.4, -0.2) is 11.0 Å². The molecule has 1 aromatic carbocycles. The lowest BCUT2D eigenvalue weighted by Gasteiger charge is -2.15. The third-order valence-electron chi connectivity index (χ3n) is 3.67. The van der Waals surface area contributed by atoms with Crippen LogP contribution in [0.2, 0.25) is 5.02 Å². The fourth-order valence-corrected chi connectivity index (χ4v) is 2.68. The van der Waals surface area contributed by atoms with Gasteiger partial charge in [-0.15, -0.1) is 0 Å². The molecule has 1 N–H and O–H groups in total. The summed E-state index contributed by atoms with van der Waals surface area (Å²) in [5.74, 6) is 1.67. The predicted molar refractivity (Wildman–Crippen MR) is 85.1 cm³/mol. The van der Waals surface area contributed by atoms with Crippen molar-refractivity contribution in [1.82, 2.24) is 10.3 Å². The third kappa shape index (κ3) is 3.55. The van der Waals surface area contributed by atoms with Crippen LogP contribution in [0.5, 0.6) is 11.5 Å². The maximum absolute atomic E-state index is 6.12. The highest BCUT2D eigenvalue weighted by atomic mass is 35.5. The number of hydrogen-bond donors (Lipinski definition) is 1. The minimum absolute atomic E-state index is 0.671. The molecule has 1 aliphatic rings. The van der Waals surface area contributed by atoms with Crippen LogP contribution < -0.4 is 10.1 Å². The molecule has 1 fully saturated rings. The van der Waals surface area contributed by atoms with Gasteiger partial charge < -0.3 is 10.1 Å². The number of benzene rings is 1. The number of pyridine rings is 1. The number of aryl methyl sites for hydroxylation is 2. The summed E-state index contributed by atoms with van der Waals surface area (Å²) >= 11 is 6.07. The lowest BCUT2D eigenvalue weighted by atomic mass is 10.1. The highest BCUT2D eigenvalue weighted by Gasteiger charge is 2.20. The molecule has 0 radical (unpaired) electrons. The van der Waals surface area contributed by atoms with E-state index in [1.165, 1.54) is 12.8 Å². The Bertz CT molecular complexity index is 630. The van der Waals surface area contributed by atoms with Gasteiger partial charge in [-0.05, 0) is 56.0 Å². The second-order valence-corrected chi connectivity index (χ2v) is 6.05. The molecule has 1 saturated carbocycles. The van der Waals surface area contributed by atoms with Crippen LogP contribution in [0.4, 0.5) is 0 Å². The molecule has 0 aliphatic heterocycles. The van der Waals surface area contributed by atoms with Crippen LogP contribution in [0.15, 0.2) is 30.6 Å². The molecule has 0 spiro atoms. The molecule has 110 valence electrons. The zero-order chi connectivity index (χ0) is 14.8. The fraction of sp³-hybridized carbons (Fsp3) is 0.353. The first-order valence-corrected chi connectivity index (χ1v) is 7.62. The average Bonchev–Trinajstić information content (AvgIpc) is 3.25. The van der Waals surface area contributed by atoms with Crippen LogP contribution >= 0.6 is 11.6 Å². The summed E-state index contributed by atoms with van der Waals surface area (Å²) in [4.78, 5) is 4.18. The lowest BCUT2D eigenvalue weighted by molar-refractivity contribution is 0.463. The molecule has 1 aromatic heterocycles. The van der Waals surface area contributed by atoms with Crippen LogP contribution in [0.3, 0.4) is 0 Å². The maximum Gasteiger partial charge on any atom is 0.150 e. The Morgan fingerprint density at radius 1 is 1.29 bits per heavy atom. The van der Waals surface area contributed by atoms with E-state index in [9.17, 15) is 0 Å². The second kappa shape index (κ2) is 6.04. The van der Waals surface area contributed by atoms with E-state index in [1.807, 2.05) is 32.0 Å². The van der Waals surface area contributed by atoms with Gasteiger partial charge >= 0.3 is 0 Å². The molecule has 21 heavy (non-hydrogen) atoms. The quantitative estimate of drug-likeness (QED) is 0.889. The van der Waals surface area contributed by atoms with Crippen molar-refractivity contribution in [2.24, 2.45) is 0 Å². The van der Waals surface area contributed by atoms with Gasteiger partial charge in [0.05, 0.1) is 6.20 Å². The van der Waals surface area contributed by atoms with Crippen LogP contribution in [0.25, 0.3) is 0 Å². The standard InChI is InChI=1S/C17H19ClN2O/c1-11-7-14(18)8-12(2)17(11)21-16-10-19-6-5-13(16)9-20-15-3-4-15/h5-8,10,15,20H,3-4,9H2,1-2H3. The second-order valence-electron chi connectivity index (χ2n) is 5.61. The van der Waals surface area contributed by atoms with E-state index in [1.54, 1.807) is 12.4 Å². The summed E-state index contributed by atoms with van der Waals surface area (Å²) in [6.07, 6.45) is 6.13. The first-order chi connectivity index (χ1) is 10.1. The normalized spacial score (nSPS) is 14.2. The van der Waals surface area contributed by atoms with Crippen molar-refractivity contribution < 1.29 is 4.74 Å². The van der Waals surface area contributed by atoms with E-state index < -0.39 is 0 Å². The molecule has 0 unspecified atom stereocenters. The molecular formula is C17H19ClN2O. The summed E-state index contributed by atoms with van der Waals surface area (Å²) in [7, 11) is 0. The van der Waals surface area contributed by atoms with Crippen molar-refractivity contribution in [1.29, 1.82) is 0 Å². The van der Waals surface area contributed by atoms with E-state index in [2.05, 4.69) is 10.3 Å². The Balaban J connectivity index is 1.84. The molecule has 0 bridgehead atoms. The van der Waals surface area contributed by atoms with E-state index >= 15 is 0 Å². The number of halogens is 1. The van der Waals surface area contributed by atoms with Crippen molar-refractivity contribution in [3.8, 4) is 11.5 Å². The predicted octanol–water partition coefficient (Wildman–Crippen LogP) is 4.40. The number of ether oxygens (including phenoxy) is 1. The molecule has 0 atom stereocenters. The molecule has 4 heteroatoms. The molecule has 0 saturated heterocycles. The minimum Gasteiger partial charge on any atom is -0.455 e. The van der Waals surface area contributed by atoms with E-state index in [-0.39, 0.29) is 0 Å². The number of nitrogens with one attached hydrogen (secondary N) is 1. The zero-order valence-electron chi connectivity index (χ0n) is 12.3. The van der Waals surface area contributed by atoms with Gasteiger partial charge in [0.2, 0.25) is 0 Å². The zero-order valence-corrected chi connectivity index (χ0v) is 13.1. The first kappa shape index (κ1) is 14.4. The average molecular weight is 303 g/mol. The van der Waals surface area contributed by atoms with E-state index in [0.29, 0.717) is 6.04 Å². The summed E-state index contributed by atoms with van der Waals surface area (Å²) in [6.45, 7) is 4.83. The Hall–Kier alpha value is -1.58. The highest BCUT2D eigenvalue weighted by molar-refractivity contribution is 6.30. The molecule has 2 aromatic rings. The molecule has 3 rings (SSSR count). The summed E-state index contributed by atoms with van der Waals surface area (Å²) in [5.41, 5.74) is 3.19. The SMILES string of the molecule is Cc1cc(Cl)cc(C)c1Oc1cnccc1CNC1CC1. The fourth-order valence-electron chi connectivity index (χ4n) is 2.36. The lowest BCUT2D eigenvalue weighted by Crippen LogP contribution is -2.15. The van der Waals surface area contributed by atoms with Crippen molar-refractivity contribution in [3.05, 3.63) is 52.3 Å². The Morgan fingerprint density at radius 3 is 2.67 bits per heavy atom. The Morgan fingerprint density at radius 2 is 2.00 bits per heavy atom. The third-order valence-corrected chi connectivity index (χ3v) is 3.88. The Kier molecular flexibility index (Phi) is 4.13. The van der Waals surface area contributed by atoms with Crippen molar-refractivity contribution in [3.63, 3.8) is 0 Å². The van der Waals surface area contributed by atoms with Gasteiger partial charge in [-0.25, -0.2) is 0 Å². The smallest absolute Gasteiger partial charge is 0.150 e. The van der Waals surface area contributed by atoms with Crippen LogP contribution in [0.1, 0.15) is 29.5 Å². The first-order valence-electron chi connectivity index (χ1n) is 7.24. The molecule has 0 amide bonds. The number of nitrogens with zero attached hydrogens (tertiary/aromatic N) is 1. The van der Waals surface area contributed by atoms with Crippen molar-refractivity contribution >= 4 is 11.6 Å². The molecule has 1 heterocycles. The van der Waals surface area contributed by atoms with Gasteiger partial charge in [0.1, 0.15) is 11.5 Å². The van der Waals surface area contributed by atoms with Crippen molar-refractivity contribution in [2.75, 3.05) is 0 Å². The van der Waals surface area contributed by atoms with Gasteiger partial charge in [0.25, 0.3) is 0 Å². The van der Waals surface area contributed by atoms with Gasteiger partial charge in [-0.2, -0.15) is 0 Å².